The zero-order valence-electron chi connectivity index (χ0n) is 9.17. The molecule has 0 amide bonds. The minimum Gasteiger partial charge on any atom is -0.0680 e. The Morgan fingerprint density at radius 2 is 1.62 bits per heavy atom. The highest BCUT2D eigenvalue weighted by Crippen LogP contribution is 2.21. The number of rotatable bonds is 2. The smallest absolute Gasteiger partial charge is 0.0680 e. The van der Waals surface area contributed by atoms with Crippen molar-refractivity contribution in [2.75, 3.05) is 0 Å². The van der Waals surface area contributed by atoms with Crippen molar-refractivity contribution in [3.05, 3.63) is 30.3 Å². The Labute approximate surface area is 83.6 Å². The Bertz CT molecular complexity index is 246. The van der Waals surface area contributed by atoms with Gasteiger partial charge in [-0.25, -0.2) is 0 Å². The summed E-state index contributed by atoms with van der Waals surface area (Å²) >= 11 is 0. The maximum Gasteiger partial charge on any atom is 0.0682 e. The van der Waals surface area contributed by atoms with Crippen LogP contribution in [0, 0.1) is 5.41 Å². The largest absolute Gasteiger partial charge is 0.0682 e. The first-order chi connectivity index (χ1) is 5.99. The van der Waals surface area contributed by atoms with E-state index < -0.39 is 8.80 Å². The van der Waals surface area contributed by atoms with Gasteiger partial charge >= 0.3 is 0 Å². The first-order valence-corrected chi connectivity index (χ1v) is 7.59. The molecule has 0 fully saturated rings. The zero-order chi connectivity index (χ0) is 9.90. The van der Waals surface area contributed by atoms with E-state index in [4.69, 9.17) is 0 Å². The molecule has 0 saturated heterocycles. The van der Waals surface area contributed by atoms with Crippen LogP contribution in [-0.2, 0) is 0 Å². The molecule has 0 N–H and O–H groups in total. The highest BCUT2D eigenvalue weighted by atomic mass is 28.3. The summed E-state index contributed by atoms with van der Waals surface area (Å²) in [6.45, 7) is 9.44. The van der Waals surface area contributed by atoms with Crippen LogP contribution >= 0.6 is 0 Å². The van der Waals surface area contributed by atoms with Gasteiger partial charge in [0.15, 0.2) is 0 Å². The quantitative estimate of drug-likeness (QED) is 0.632. The molecule has 0 spiro atoms. The molecule has 0 nitrogen and oxygen atoms in total. The highest BCUT2D eigenvalue weighted by Gasteiger charge is 2.17. The van der Waals surface area contributed by atoms with Gasteiger partial charge in [0.05, 0.1) is 8.80 Å². The molecule has 13 heavy (non-hydrogen) atoms. The first-order valence-electron chi connectivity index (χ1n) is 5.04. The van der Waals surface area contributed by atoms with Crippen LogP contribution in [0.3, 0.4) is 0 Å². The van der Waals surface area contributed by atoms with E-state index in [0.717, 1.165) is 0 Å². The highest BCUT2D eigenvalue weighted by molar-refractivity contribution is 6.72. The average Bonchev–Trinajstić information content (AvgIpc) is 2.03. The molecule has 72 valence electrons. The van der Waals surface area contributed by atoms with Crippen molar-refractivity contribution < 1.29 is 0 Å². The van der Waals surface area contributed by atoms with Gasteiger partial charge in [-0.05, 0) is 5.41 Å². The number of benzene rings is 1. The zero-order valence-corrected chi connectivity index (χ0v) is 10.3. The van der Waals surface area contributed by atoms with E-state index in [1.807, 2.05) is 0 Å². The lowest BCUT2D eigenvalue weighted by Gasteiger charge is -2.22. The van der Waals surface area contributed by atoms with Crippen LogP contribution in [0.5, 0.6) is 0 Å². The fourth-order valence-corrected chi connectivity index (χ4v) is 4.77. The Morgan fingerprint density at radius 1 is 1.08 bits per heavy atom. The Morgan fingerprint density at radius 3 is 2.08 bits per heavy atom. The van der Waals surface area contributed by atoms with Crippen molar-refractivity contribution in [1.82, 2.24) is 0 Å². The summed E-state index contributed by atoms with van der Waals surface area (Å²) in [5.74, 6) is 0. The van der Waals surface area contributed by atoms with Crippen molar-refractivity contribution in [1.29, 1.82) is 0 Å². The molecule has 0 heterocycles. The van der Waals surface area contributed by atoms with Gasteiger partial charge < -0.3 is 0 Å². The SMILES string of the molecule is C[SiH](CC(C)(C)C)c1ccccc1. The lowest BCUT2D eigenvalue weighted by atomic mass is 10.0. The van der Waals surface area contributed by atoms with Crippen molar-refractivity contribution >= 4 is 14.0 Å². The summed E-state index contributed by atoms with van der Waals surface area (Å²) in [5, 5.41) is 1.59. The molecular weight excluding hydrogens is 172 g/mol. The third-order valence-corrected chi connectivity index (χ3v) is 5.65. The van der Waals surface area contributed by atoms with E-state index in [9.17, 15) is 0 Å². The fraction of sp³-hybridized carbons (Fsp3) is 0.500. The Kier molecular flexibility index (Phi) is 3.31. The summed E-state index contributed by atoms with van der Waals surface area (Å²) in [5.41, 5.74) is 0.488. The van der Waals surface area contributed by atoms with Gasteiger partial charge in [0.1, 0.15) is 0 Å². The van der Waals surface area contributed by atoms with E-state index in [2.05, 4.69) is 57.7 Å². The van der Waals surface area contributed by atoms with Crippen molar-refractivity contribution in [3.63, 3.8) is 0 Å². The summed E-state index contributed by atoms with van der Waals surface area (Å²) in [7, 11) is -0.685. The van der Waals surface area contributed by atoms with Gasteiger partial charge in [0.2, 0.25) is 0 Å². The molecule has 1 aromatic rings. The molecule has 1 rings (SSSR count). The van der Waals surface area contributed by atoms with Crippen LogP contribution in [0.1, 0.15) is 20.8 Å². The molecule has 1 aromatic carbocycles. The van der Waals surface area contributed by atoms with Gasteiger partial charge in [-0.2, -0.15) is 0 Å². The molecule has 1 atom stereocenters. The minimum atomic E-state index is -0.685. The molecule has 0 radical (unpaired) electrons. The van der Waals surface area contributed by atoms with Crippen molar-refractivity contribution in [2.45, 2.75) is 33.4 Å². The third kappa shape index (κ3) is 3.77. The van der Waals surface area contributed by atoms with Crippen LogP contribution in [0.2, 0.25) is 12.6 Å². The normalized spacial score (nSPS) is 14.2. The molecule has 0 saturated carbocycles. The molecule has 0 aliphatic rings. The minimum absolute atomic E-state index is 0.488. The van der Waals surface area contributed by atoms with Gasteiger partial charge in [-0.1, -0.05) is 68.9 Å². The predicted molar refractivity (Wildman–Crippen MR) is 63.4 cm³/mol. The number of hydrogen-bond acceptors (Lipinski definition) is 0. The molecule has 1 unspecified atom stereocenters. The fourth-order valence-electron chi connectivity index (χ4n) is 1.82. The molecule has 0 aliphatic carbocycles. The van der Waals surface area contributed by atoms with Crippen LogP contribution < -0.4 is 5.19 Å². The molecular formula is C12H20Si. The van der Waals surface area contributed by atoms with Crippen molar-refractivity contribution in [3.8, 4) is 0 Å². The molecule has 0 bridgehead atoms. The lowest BCUT2D eigenvalue weighted by Crippen LogP contribution is -2.30. The standard InChI is InChI=1S/C12H20Si/c1-12(2,3)10-13(4)11-8-6-5-7-9-11/h5-9,13H,10H2,1-4H3. The molecule has 1 heteroatoms. The summed E-state index contributed by atoms with van der Waals surface area (Å²) < 4.78 is 0. The third-order valence-electron chi connectivity index (χ3n) is 2.29. The van der Waals surface area contributed by atoms with E-state index >= 15 is 0 Å². The van der Waals surface area contributed by atoms with Gasteiger partial charge in [0, 0.05) is 0 Å². The summed E-state index contributed by atoms with van der Waals surface area (Å²) in [4.78, 5) is 0. The number of hydrogen-bond donors (Lipinski definition) is 0. The first kappa shape index (κ1) is 10.5. The summed E-state index contributed by atoms with van der Waals surface area (Å²) in [6, 6.07) is 12.4. The predicted octanol–water partition coefficient (Wildman–Crippen LogP) is 2.80. The van der Waals surface area contributed by atoms with E-state index in [1.165, 1.54) is 6.04 Å². The monoisotopic (exact) mass is 192 g/mol. The Hall–Kier alpha value is -0.563. The van der Waals surface area contributed by atoms with E-state index in [1.54, 1.807) is 5.19 Å². The van der Waals surface area contributed by atoms with Gasteiger partial charge in [-0.3, -0.25) is 0 Å². The molecule has 0 aromatic heterocycles. The second-order valence-corrected chi connectivity index (χ2v) is 7.95. The summed E-state index contributed by atoms with van der Waals surface area (Å²) in [6.07, 6.45) is 0. The van der Waals surface area contributed by atoms with Gasteiger partial charge in [0.25, 0.3) is 0 Å². The van der Waals surface area contributed by atoms with Gasteiger partial charge in [-0.15, -0.1) is 0 Å². The average molecular weight is 192 g/mol. The van der Waals surface area contributed by atoms with Crippen LogP contribution in [0.25, 0.3) is 0 Å². The second-order valence-electron chi connectivity index (χ2n) is 5.08. The maximum atomic E-state index is 2.45. The topological polar surface area (TPSA) is 0 Å². The van der Waals surface area contributed by atoms with E-state index in [-0.39, 0.29) is 0 Å². The second kappa shape index (κ2) is 4.10. The Balaban J connectivity index is 2.64. The van der Waals surface area contributed by atoms with Crippen LogP contribution in [0.4, 0.5) is 0 Å². The van der Waals surface area contributed by atoms with E-state index in [0.29, 0.717) is 5.41 Å². The molecule has 0 aliphatic heterocycles. The lowest BCUT2D eigenvalue weighted by molar-refractivity contribution is 0.465. The van der Waals surface area contributed by atoms with Crippen LogP contribution in [-0.4, -0.2) is 8.80 Å². The maximum absolute atomic E-state index is 2.45. The van der Waals surface area contributed by atoms with Crippen molar-refractivity contribution in [2.24, 2.45) is 5.41 Å². The van der Waals surface area contributed by atoms with Crippen LogP contribution in [0.15, 0.2) is 30.3 Å².